The molecule has 1 aromatic carbocycles. The van der Waals surface area contributed by atoms with Crippen molar-refractivity contribution in [1.29, 1.82) is 0 Å². The number of benzene rings is 1. The Bertz CT molecular complexity index is 1080. The molecule has 0 saturated heterocycles. The summed E-state index contributed by atoms with van der Waals surface area (Å²) in [6.45, 7) is 2.56. The number of rotatable bonds is 4. The monoisotopic (exact) mass is 403 g/mol. The summed E-state index contributed by atoms with van der Waals surface area (Å²) in [4.78, 5) is 7.78. The molecular weight excluding hydrogens is 392 g/mol. The Labute approximate surface area is 152 Å². The van der Waals surface area contributed by atoms with Crippen LogP contribution in [0.25, 0.3) is 5.78 Å². The van der Waals surface area contributed by atoms with Crippen molar-refractivity contribution in [2.75, 3.05) is 4.72 Å². The normalized spacial score (nSPS) is 11.9. The van der Waals surface area contributed by atoms with Gasteiger partial charge >= 0.3 is 0 Å². The van der Waals surface area contributed by atoms with E-state index in [0.717, 1.165) is 0 Å². The lowest BCUT2D eigenvalue weighted by atomic mass is 10.2. The number of fused-ring (bicyclic) bond motifs is 1. The second-order valence-corrected chi connectivity index (χ2v) is 7.65. The molecule has 11 heteroatoms. The van der Waals surface area contributed by atoms with Crippen LogP contribution in [0, 0.1) is 13.8 Å². The smallest absolute Gasteiger partial charge is 0.274 e. The van der Waals surface area contributed by atoms with Gasteiger partial charge in [0.1, 0.15) is 6.67 Å². The maximum atomic E-state index is 12.8. The molecule has 0 spiro atoms. The molecule has 0 bridgehead atoms. The summed E-state index contributed by atoms with van der Waals surface area (Å²) >= 11 is 12.2. The van der Waals surface area contributed by atoms with Gasteiger partial charge in [-0.2, -0.15) is 13.4 Å². The minimum Gasteiger partial charge on any atom is -0.274 e. The van der Waals surface area contributed by atoms with E-state index >= 15 is 0 Å². The first kappa shape index (κ1) is 17.8. The van der Waals surface area contributed by atoms with Crippen LogP contribution in [0.3, 0.4) is 0 Å². The Hall–Kier alpha value is -1.97. The third-order valence-electron chi connectivity index (χ3n) is 3.42. The van der Waals surface area contributed by atoms with Crippen molar-refractivity contribution in [3.63, 3.8) is 0 Å². The summed E-state index contributed by atoms with van der Waals surface area (Å²) in [7, 11) is -4.17. The van der Waals surface area contributed by atoms with Crippen LogP contribution in [0.1, 0.15) is 17.0 Å². The number of alkyl halides is 1. The molecule has 0 atom stereocenters. The van der Waals surface area contributed by atoms with Gasteiger partial charge in [0.15, 0.2) is 0 Å². The average molecular weight is 404 g/mol. The molecule has 0 aliphatic rings. The number of nitrogens with zero attached hydrogens (tertiary/aromatic N) is 4. The maximum Gasteiger partial charge on any atom is 0.299 e. The van der Waals surface area contributed by atoms with Crippen LogP contribution < -0.4 is 4.72 Å². The zero-order valence-corrected chi connectivity index (χ0v) is 15.4. The van der Waals surface area contributed by atoms with Crippen molar-refractivity contribution in [3.8, 4) is 0 Å². The molecule has 0 fully saturated rings. The third kappa shape index (κ3) is 3.26. The molecule has 3 rings (SSSR count). The van der Waals surface area contributed by atoms with Gasteiger partial charge < -0.3 is 0 Å². The second kappa shape index (κ2) is 6.40. The van der Waals surface area contributed by atoms with E-state index < -0.39 is 21.9 Å². The predicted molar refractivity (Wildman–Crippen MR) is 92.3 cm³/mol. The first-order valence-electron chi connectivity index (χ1n) is 6.99. The lowest BCUT2D eigenvalue weighted by Crippen LogP contribution is -2.15. The fourth-order valence-electron chi connectivity index (χ4n) is 2.17. The maximum absolute atomic E-state index is 12.8. The minimum absolute atomic E-state index is 0.0190. The van der Waals surface area contributed by atoms with Crippen LogP contribution in [-0.4, -0.2) is 28.0 Å². The molecule has 0 aliphatic heterocycles. The quantitative estimate of drug-likeness (QED) is 0.721. The molecule has 7 nitrogen and oxygen atoms in total. The van der Waals surface area contributed by atoms with Crippen molar-refractivity contribution in [2.45, 2.75) is 25.7 Å². The lowest BCUT2D eigenvalue weighted by Gasteiger charge is -2.10. The van der Waals surface area contributed by atoms with Crippen molar-refractivity contribution in [3.05, 3.63) is 45.2 Å². The highest BCUT2D eigenvalue weighted by molar-refractivity contribution is 7.92. The number of nitrogens with one attached hydrogen (secondary N) is 1. The molecule has 2 heterocycles. The highest BCUT2D eigenvalue weighted by Crippen LogP contribution is 2.34. The van der Waals surface area contributed by atoms with Crippen molar-refractivity contribution >= 4 is 44.7 Å². The molecule has 0 aliphatic carbocycles. The van der Waals surface area contributed by atoms with E-state index in [1.54, 1.807) is 19.9 Å². The Morgan fingerprint density at radius 2 is 1.96 bits per heavy atom. The molecule has 3 aromatic rings. The van der Waals surface area contributed by atoms with Gasteiger partial charge in [0.2, 0.25) is 0 Å². The fraction of sp³-hybridized carbons (Fsp3) is 0.214. The van der Waals surface area contributed by atoms with Crippen molar-refractivity contribution < 1.29 is 12.8 Å². The van der Waals surface area contributed by atoms with E-state index in [-0.39, 0.29) is 27.2 Å². The molecular formula is C14H12Cl2FN5O2S. The zero-order chi connectivity index (χ0) is 18.4. The number of anilines is 1. The van der Waals surface area contributed by atoms with Gasteiger partial charge in [-0.25, -0.2) is 13.9 Å². The molecule has 1 N–H and O–H groups in total. The van der Waals surface area contributed by atoms with Crippen LogP contribution in [0.15, 0.2) is 23.4 Å². The zero-order valence-electron chi connectivity index (χ0n) is 13.1. The van der Waals surface area contributed by atoms with Crippen molar-refractivity contribution in [1.82, 2.24) is 19.6 Å². The van der Waals surface area contributed by atoms with Crippen LogP contribution in [-0.2, 0) is 16.7 Å². The standard InChI is InChI=1S/C14H12Cl2FN5O2S/c1-7-3-4-10(15)12(11(7)16)21-25(23,24)14-19-13-18-9(6-17)5-8(2)22(13)20-14/h3-5,21H,6H2,1-2H3. The van der Waals surface area contributed by atoms with E-state index in [1.807, 2.05) is 0 Å². The van der Waals surface area contributed by atoms with E-state index in [4.69, 9.17) is 23.2 Å². The number of hydrogen-bond donors (Lipinski definition) is 1. The highest BCUT2D eigenvalue weighted by Gasteiger charge is 2.24. The summed E-state index contributed by atoms with van der Waals surface area (Å²) < 4.78 is 41.5. The van der Waals surface area contributed by atoms with Gasteiger partial charge in [-0.05, 0) is 31.5 Å². The second-order valence-electron chi connectivity index (χ2n) is 5.29. The third-order valence-corrected chi connectivity index (χ3v) is 5.35. The number of aryl methyl sites for hydroxylation is 2. The topological polar surface area (TPSA) is 89.2 Å². The van der Waals surface area contributed by atoms with Gasteiger partial charge in [-0.1, -0.05) is 29.3 Å². The number of aromatic nitrogens is 4. The summed E-state index contributed by atoms with van der Waals surface area (Å²) in [5.74, 6) is -0.0190. The van der Waals surface area contributed by atoms with E-state index in [1.165, 1.54) is 16.6 Å². The largest absolute Gasteiger partial charge is 0.299 e. The Kier molecular flexibility index (Phi) is 4.56. The summed E-state index contributed by atoms with van der Waals surface area (Å²) in [5, 5.41) is 3.71. The van der Waals surface area contributed by atoms with Gasteiger partial charge in [0.05, 0.1) is 21.4 Å². The number of hydrogen-bond acceptors (Lipinski definition) is 5. The Balaban J connectivity index is 2.08. The summed E-state index contributed by atoms with van der Waals surface area (Å²) in [5.41, 5.74) is 1.32. The lowest BCUT2D eigenvalue weighted by molar-refractivity contribution is 0.475. The molecule has 0 amide bonds. The first-order valence-corrected chi connectivity index (χ1v) is 9.23. The predicted octanol–water partition coefficient (Wildman–Crippen LogP) is 3.32. The van der Waals surface area contributed by atoms with Gasteiger partial charge in [0.25, 0.3) is 21.0 Å². The van der Waals surface area contributed by atoms with E-state index in [0.29, 0.717) is 11.3 Å². The van der Waals surface area contributed by atoms with Crippen LogP contribution in [0.5, 0.6) is 0 Å². The van der Waals surface area contributed by atoms with E-state index in [9.17, 15) is 12.8 Å². The Morgan fingerprint density at radius 1 is 1.24 bits per heavy atom. The SMILES string of the molecule is Cc1ccc(Cl)c(NS(=O)(=O)c2nc3nc(CF)cc(C)n3n2)c1Cl. The minimum atomic E-state index is -4.17. The average Bonchev–Trinajstić information content (AvgIpc) is 3.01. The first-order chi connectivity index (χ1) is 11.7. The summed E-state index contributed by atoms with van der Waals surface area (Å²) in [6.07, 6.45) is 0. The Morgan fingerprint density at radius 3 is 2.64 bits per heavy atom. The van der Waals surface area contributed by atoms with Gasteiger partial charge in [0, 0.05) is 5.69 Å². The molecule has 0 saturated carbocycles. The molecule has 0 unspecified atom stereocenters. The van der Waals surface area contributed by atoms with Crippen LogP contribution >= 0.6 is 23.2 Å². The van der Waals surface area contributed by atoms with Gasteiger partial charge in [-0.15, -0.1) is 5.10 Å². The number of halogens is 3. The van der Waals surface area contributed by atoms with Crippen LogP contribution in [0.4, 0.5) is 10.1 Å². The van der Waals surface area contributed by atoms with Crippen LogP contribution in [0.2, 0.25) is 10.0 Å². The molecule has 2 aromatic heterocycles. The number of sulfonamides is 1. The van der Waals surface area contributed by atoms with E-state index in [2.05, 4.69) is 19.8 Å². The fourth-order valence-corrected chi connectivity index (χ4v) is 3.71. The summed E-state index contributed by atoms with van der Waals surface area (Å²) in [6, 6.07) is 4.65. The molecule has 132 valence electrons. The molecule has 25 heavy (non-hydrogen) atoms. The highest BCUT2D eigenvalue weighted by atomic mass is 35.5. The molecule has 0 radical (unpaired) electrons. The van der Waals surface area contributed by atoms with Crippen molar-refractivity contribution in [2.24, 2.45) is 0 Å². The van der Waals surface area contributed by atoms with Gasteiger partial charge in [-0.3, -0.25) is 4.72 Å².